The Kier molecular flexibility index (Phi) is 8.77. The van der Waals surface area contributed by atoms with Gasteiger partial charge in [-0.1, -0.05) is 24.3 Å². The first-order valence-electron chi connectivity index (χ1n) is 8.82. The minimum absolute atomic E-state index is 0. The predicted octanol–water partition coefficient (Wildman–Crippen LogP) is 3.50. The van der Waals surface area contributed by atoms with Crippen LogP contribution in [0, 0.1) is 0 Å². The molecule has 7 heteroatoms. The number of nitrogens with zero attached hydrogens (tertiary/aromatic N) is 3. The minimum Gasteiger partial charge on any atom is -0.354 e. The molecule has 1 fully saturated rings. The molecule has 0 bridgehead atoms. The van der Waals surface area contributed by atoms with Crippen molar-refractivity contribution in [3.05, 3.63) is 53.9 Å². The van der Waals surface area contributed by atoms with E-state index in [2.05, 4.69) is 51.2 Å². The Balaban J connectivity index is 0.00000243. The molecule has 1 aliphatic rings. The normalized spacial score (nSPS) is 19.8. The number of hydrogen-bond acceptors (Lipinski definition) is 3. The summed E-state index contributed by atoms with van der Waals surface area (Å²) in [4.78, 5) is 4.37. The van der Waals surface area contributed by atoms with E-state index < -0.39 is 0 Å². The van der Waals surface area contributed by atoms with Crippen LogP contribution in [0.15, 0.2) is 47.7 Å². The summed E-state index contributed by atoms with van der Waals surface area (Å²) >= 11 is 1.98. The van der Waals surface area contributed by atoms with Crippen LogP contribution < -0.4 is 10.6 Å². The van der Waals surface area contributed by atoms with Crippen molar-refractivity contribution >= 4 is 41.7 Å². The molecule has 0 amide bonds. The fourth-order valence-corrected chi connectivity index (χ4v) is 4.07. The standard InChI is InChI=1S/C19H27N5S.HI/c1-20-19(23-17-7-8-18(12-17)25-2)21-13-15-5-3-6-16(11-15)14-24-10-4-9-22-24;/h3-6,9-11,17-18H,7-8,12-14H2,1-2H3,(H2,20,21,23);1H. The zero-order valence-corrected chi connectivity index (χ0v) is 18.5. The molecule has 3 rings (SSSR count). The lowest BCUT2D eigenvalue weighted by Crippen LogP contribution is -2.42. The van der Waals surface area contributed by atoms with Gasteiger partial charge >= 0.3 is 0 Å². The molecular weight excluding hydrogens is 457 g/mol. The minimum atomic E-state index is 0. The van der Waals surface area contributed by atoms with E-state index in [1.54, 1.807) is 0 Å². The molecule has 1 heterocycles. The van der Waals surface area contributed by atoms with Crippen molar-refractivity contribution in [2.24, 2.45) is 4.99 Å². The van der Waals surface area contributed by atoms with E-state index in [0.29, 0.717) is 6.04 Å². The molecule has 0 spiro atoms. The van der Waals surface area contributed by atoms with Crippen molar-refractivity contribution in [2.45, 2.75) is 43.6 Å². The molecule has 2 N–H and O–H groups in total. The Labute approximate surface area is 177 Å². The second-order valence-corrected chi connectivity index (χ2v) is 7.60. The van der Waals surface area contributed by atoms with Crippen molar-refractivity contribution in [2.75, 3.05) is 13.3 Å². The van der Waals surface area contributed by atoms with Crippen molar-refractivity contribution in [1.82, 2.24) is 20.4 Å². The van der Waals surface area contributed by atoms with Gasteiger partial charge in [0.05, 0.1) is 6.54 Å². The molecule has 2 aromatic rings. The highest BCUT2D eigenvalue weighted by molar-refractivity contribution is 14.0. The molecule has 2 unspecified atom stereocenters. The van der Waals surface area contributed by atoms with E-state index in [0.717, 1.165) is 24.3 Å². The van der Waals surface area contributed by atoms with Crippen LogP contribution in [0.1, 0.15) is 30.4 Å². The summed E-state index contributed by atoms with van der Waals surface area (Å²) in [5.74, 6) is 0.893. The third kappa shape index (κ3) is 6.19. The van der Waals surface area contributed by atoms with Gasteiger partial charge in [0.15, 0.2) is 5.96 Å². The van der Waals surface area contributed by atoms with Gasteiger partial charge in [-0.2, -0.15) is 16.9 Å². The van der Waals surface area contributed by atoms with Crippen molar-refractivity contribution < 1.29 is 0 Å². The number of aromatic nitrogens is 2. The number of benzene rings is 1. The quantitative estimate of drug-likeness (QED) is 0.374. The molecule has 2 atom stereocenters. The van der Waals surface area contributed by atoms with E-state index in [1.165, 1.54) is 30.4 Å². The van der Waals surface area contributed by atoms with Crippen LogP contribution in [0.3, 0.4) is 0 Å². The van der Waals surface area contributed by atoms with Crippen LogP contribution in [-0.2, 0) is 13.1 Å². The predicted molar refractivity (Wildman–Crippen MR) is 121 cm³/mol. The highest BCUT2D eigenvalue weighted by Crippen LogP contribution is 2.28. The Morgan fingerprint density at radius 3 is 2.85 bits per heavy atom. The Bertz CT molecular complexity index is 689. The molecule has 26 heavy (non-hydrogen) atoms. The molecule has 1 saturated carbocycles. The summed E-state index contributed by atoms with van der Waals surface area (Å²) in [6.45, 7) is 1.57. The van der Waals surface area contributed by atoms with Gasteiger partial charge in [-0.3, -0.25) is 9.67 Å². The average Bonchev–Trinajstić information content (AvgIpc) is 3.30. The van der Waals surface area contributed by atoms with E-state index in [-0.39, 0.29) is 24.0 Å². The van der Waals surface area contributed by atoms with Crippen LogP contribution in [0.25, 0.3) is 0 Å². The maximum Gasteiger partial charge on any atom is 0.191 e. The van der Waals surface area contributed by atoms with Crippen molar-refractivity contribution in [3.63, 3.8) is 0 Å². The van der Waals surface area contributed by atoms with Crippen LogP contribution in [0.4, 0.5) is 0 Å². The lowest BCUT2D eigenvalue weighted by Gasteiger charge is -2.17. The molecular formula is C19H28IN5S. The number of guanidine groups is 1. The van der Waals surface area contributed by atoms with E-state index in [1.807, 2.05) is 42.0 Å². The van der Waals surface area contributed by atoms with Crippen molar-refractivity contribution in [3.8, 4) is 0 Å². The van der Waals surface area contributed by atoms with Gasteiger partial charge in [0.25, 0.3) is 0 Å². The van der Waals surface area contributed by atoms with E-state index >= 15 is 0 Å². The third-order valence-electron chi connectivity index (χ3n) is 4.64. The SMILES string of the molecule is CN=C(NCc1cccc(Cn2cccn2)c1)NC1CCC(SC)C1.I. The number of halogens is 1. The highest BCUT2D eigenvalue weighted by Gasteiger charge is 2.24. The summed E-state index contributed by atoms with van der Waals surface area (Å²) in [5, 5.41) is 12.1. The second kappa shape index (κ2) is 10.8. The Hall–Kier alpha value is -1.22. The lowest BCUT2D eigenvalue weighted by atomic mass is 10.1. The Morgan fingerprint density at radius 1 is 1.31 bits per heavy atom. The molecule has 1 aromatic heterocycles. The second-order valence-electron chi connectivity index (χ2n) is 6.46. The first-order valence-corrected chi connectivity index (χ1v) is 10.1. The summed E-state index contributed by atoms with van der Waals surface area (Å²) < 4.78 is 1.94. The van der Waals surface area contributed by atoms with Gasteiger partial charge in [-0.05, 0) is 42.7 Å². The molecule has 142 valence electrons. The molecule has 1 aliphatic carbocycles. The van der Waals surface area contributed by atoms with Crippen LogP contribution in [0.2, 0.25) is 0 Å². The molecule has 5 nitrogen and oxygen atoms in total. The summed E-state index contributed by atoms with van der Waals surface area (Å²) in [6, 6.07) is 11.1. The fraction of sp³-hybridized carbons (Fsp3) is 0.474. The van der Waals surface area contributed by atoms with Gasteiger partial charge in [-0.25, -0.2) is 0 Å². The summed E-state index contributed by atoms with van der Waals surface area (Å²) in [7, 11) is 1.84. The van der Waals surface area contributed by atoms with Gasteiger partial charge in [0.1, 0.15) is 0 Å². The summed E-state index contributed by atoms with van der Waals surface area (Å²) in [6.07, 6.45) is 9.75. The fourth-order valence-electron chi connectivity index (χ4n) is 3.28. The number of thioether (sulfide) groups is 1. The number of aliphatic imine (C=N–C) groups is 1. The zero-order chi connectivity index (χ0) is 17.5. The number of rotatable bonds is 6. The van der Waals surface area contributed by atoms with E-state index in [9.17, 15) is 0 Å². The third-order valence-corrected chi connectivity index (χ3v) is 5.73. The van der Waals surface area contributed by atoms with Crippen LogP contribution in [0.5, 0.6) is 0 Å². The lowest BCUT2D eigenvalue weighted by molar-refractivity contribution is 0.614. The average molecular weight is 485 g/mol. The molecule has 0 aliphatic heterocycles. The van der Waals surface area contributed by atoms with Gasteiger partial charge < -0.3 is 10.6 Å². The monoisotopic (exact) mass is 485 g/mol. The largest absolute Gasteiger partial charge is 0.354 e. The van der Waals surface area contributed by atoms with Gasteiger partial charge in [-0.15, -0.1) is 24.0 Å². The van der Waals surface area contributed by atoms with Crippen LogP contribution in [-0.4, -0.2) is 40.3 Å². The van der Waals surface area contributed by atoms with Gasteiger partial charge in [0, 0.05) is 37.3 Å². The number of nitrogens with one attached hydrogen (secondary N) is 2. The maximum atomic E-state index is 4.37. The van der Waals surface area contributed by atoms with Crippen LogP contribution >= 0.6 is 35.7 Å². The number of hydrogen-bond donors (Lipinski definition) is 2. The zero-order valence-electron chi connectivity index (χ0n) is 15.4. The first-order chi connectivity index (χ1) is 12.3. The molecule has 0 saturated heterocycles. The summed E-state index contributed by atoms with van der Waals surface area (Å²) in [5.41, 5.74) is 2.51. The van der Waals surface area contributed by atoms with Crippen molar-refractivity contribution in [1.29, 1.82) is 0 Å². The smallest absolute Gasteiger partial charge is 0.191 e. The molecule has 1 aromatic carbocycles. The topological polar surface area (TPSA) is 54.2 Å². The first kappa shape index (κ1) is 21.1. The Morgan fingerprint density at radius 2 is 2.15 bits per heavy atom. The molecule has 0 radical (unpaired) electrons. The highest BCUT2D eigenvalue weighted by atomic mass is 127. The maximum absolute atomic E-state index is 4.37. The van der Waals surface area contributed by atoms with Gasteiger partial charge in [0.2, 0.25) is 0 Å². The van der Waals surface area contributed by atoms with E-state index in [4.69, 9.17) is 0 Å².